The summed E-state index contributed by atoms with van der Waals surface area (Å²) in [5.41, 5.74) is 0.924. The summed E-state index contributed by atoms with van der Waals surface area (Å²) in [5.74, 6) is 0.697. The number of aromatic nitrogens is 1. The third-order valence-corrected chi connectivity index (χ3v) is 4.99. The highest BCUT2D eigenvalue weighted by Gasteiger charge is 2.12. The van der Waals surface area contributed by atoms with Crippen LogP contribution < -0.4 is 14.8 Å². The van der Waals surface area contributed by atoms with Crippen LogP contribution in [0.1, 0.15) is 5.56 Å². The third kappa shape index (κ3) is 6.06. The number of rotatable bonds is 8. The number of nitrogens with zero attached hydrogens (tertiary/aromatic N) is 2. The Balaban J connectivity index is 1.77. The van der Waals surface area contributed by atoms with E-state index >= 15 is 0 Å². The molecule has 0 aliphatic rings. The first-order valence-corrected chi connectivity index (χ1v) is 9.89. The number of anilines is 1. The van der Waals surface area contributed by atoms with Gasteiger partial charge in [0.25, 0.3) is 5.69 Å². The predicted molar refractivity (Wildman–Crippen MR) is 119 cm³/mol. The molecule has 0 aliphatic carbocycles. The zero-order valence-electron chi connectivity index (χ0n) is 16.8. The van der Waals surface area contributed by atoms with Crippen LogP contribution in [0.15, 0.2) is 76.8 Å². The first-order chi connectivity index (χ1) is 15.0. The van der Waals surface area contributed by atoms with Crippen LogP contribution in [0.4, 0.5) is 11.4 Å². The van der Waals surface area contributed by atoms with Crippen molar-refractivity contribution in [3.05, 3.63) is 82.5 Å². The first-order valence-electron chi connectivity index (χ1n) is 9.08. The highest BCUT2D eigenvalue weighted by atomic mass is 32.2. The average Bonchev–Trinajstić information content (AvgIpc) is 2.78. The second-order valence-electron chi connectivity index (χ2n) is 6.18. The topological polar surface area (TPSA) is 104 Å². The van der Waals surface area contributed by atoms with Crippen LogP contribution in [-0.2, 0) is 4.79 Å². The normalized spacial score (nSPS) is 10.6. The lowest BCUT2D eigenvalue weighted by atomic mass is 10.2. The summed E-state index contributed by atoms with van der Waals surface area (Å²) < 4.78 is 10.4. The van der Waals surface area contributed by atoms with E-state index in [1.165, 1.54) is 37.1 Å². The Kier molecular flexibility index (Phi) is 7.23. The van der Waals surface area contributed by atoms with Crippen LogP contribution in [0.2, 0.25) is 0 Å². The molecule has 8 nitrogen and oxygen atoms in total. The quantitative estimate of drug-likeness (QED) is 0.306. The minimum absolute atomic E-state index is 0.125. The zero-order valence-corrected chi connectivity index (χ0v) is 17.6. The summed E-state index contributed by atoms with van der Waals surface area (Å²) >= 11 is 1.27. The van der Waals surface area contributed by atoms with Gasteiger partial charge in [-0.15, -0.1) is 0 Å². The zero-order chi connectivity index (χ0) is 22.2. The van der Waals surface area contributed by atoms with E-state index in [0.29, 0.717) is 27.1 Å². The molecule has 1 heterocycles. The highest BCUT2D eigenvalue weighted by molar-refractivity contribution is 7.99. The van der Waals surface area contributed by atoms with E-state index in [2.05, 4.69) is 10.3 Å². The Hall–Kier alpha value is -3.85. The fourth-order valence-corrected chi connectivity index (χ4v) is 3.53. The molecule has 0 atom stereocenters. The van der Waals surface area contributed by atoms with Crippen molar-refractivity contribution in [3.8, 4) is 11.5 Å². The molecule has 0 bridgehead atoms. The molecular formula is C22H19N3O5S. The second kappa shape index (κ2) is 10.3. The van der Waals surface area contributed by atoms with Crippen LogP contribution in [0.3, 0.4) is 0 Å². The van der Waals surface area contributed by atoms with Crippen molar-refractivity contribution in [2.75, 3.05) is 19.5 Å². The van der Waals surface area contributed by atoms with Crippen molar-refractivity contribution in [1.29, 1.82) is 0 Å². The van der Waals surface area contributed by atoms with Gasteiger partial charge in [0.05, 0.1) is 19.1 Å². The lowest BCUT2D eigenvalue weighted by Crippen LogP contribution is -2.08. The van der Waals surface area contributed by atoms with Gasteiger partial charge in [0, 0.05) is 35.0 Å². The van der Waals surface area contributed by atoms with Gasteiger partial charge in [-0.05, 0) is 42.0 Å². The fourth-order valence-electron chi connectivity index (χ4n) is 2.66. The second-order valence-corrected chi connectivity index (χ2v) is 7.27. The van der Waals surface area contributed by atoms with E-state index in [0.717, 1.165) is 5.56 Å². The average molecular weight is 437 g/mol. The van der Waals surface area contributed by atoms with Crippen molar-refractivity contribution in [1.82, 2.24) is 4.98 Å². The minimum Gasteiger partial charge on any atom is -0.493 e. The van der Waals surface area contributed by atoms with Crippen molar-refractivity contribution < 1.29 is 19.2 Å². The smallest absolute Gasteiger partial charge is 0.272 e. The maximum Gasteiger partial charge on any atom is 0.272 e. The Bertz CT molecular complexity index is 1120. The minimum atomic E-state index is -0.502. The van der Waals surface area contributed by atoms with E-state index in [-0.39, 0.29) is 5.69 Å². The summed E-state index contributed by atoms with van der Waals surface area (Å²) in [4.78, 5) is 28.0. The molecule has 0 radical (unpaired) electrons. The molecular weight excluding hydrogens is 418 g/mol. The van der Waals surface area contributed by atoms with E-state index < -0.39 is 10.8 Å². The molecule has 158 valence electrons. The molecule has 0 unspecified atom stereocenters. The van der Waals surface area contributed by atoms with Crippen LogP contribution in [0.25, 0.3) is 6.08 Å². The van der Waals surface area contributed by atoms with Crippen molar-refractivity contribution >= 4 is 35.1 Å². The number of pyridine rings is 1. The van der Waals surface area contributed by atoms with Crippen LogP contribution >= 0.6 is 11.8 Å². The maximum atomic E-state index is 12.4. The van der Waals surface area contributed by atoms with Crippen molar-refractivity contribution in [2.24, 2.45) is 0 Å². The monoisotopic (exact) mass is 437 g/mol. The molecule has 0 fully saturated rings. The van der Waals surface area contributed by atoms with Gasteiger partial charge in [-0.25, -0.2) is 4.98 Å². The molecule has 0 spiro atoms. The predicted octanol–water partition coefficient (Wildman–Crippen LogP) is 4.81. The molecule has 1 aromatic heterocycles. The number of ether oxygens (including phenoxy) is 2. The SMILES string of the molecule is COc1ccc(C=CC(=O)Nc2cc(Sc3ccccn3)cc([N+](=O)[O-])c2)cc1OC. The highest BCUT2D eigenvalue weighted by Crippen LogP contribution is 2.32. The number of carbonyl (C=O) groups excluding carboxylic acids is 1. The maximum absolute atomic E-state index is 12.4. The van der Waals surface area contributed by atoms with Gasteiger partial charge >= 0.3 is 0 Å². The number of hydrogen-bond acceptors (Lipinski definition) is 7. The fraction of sp³-hybridized carbons (Fsp3) is 0.0909. The van der Waals surface area contributed by atoms with E-state index in [1.54, 1.807) is 55.8 Å². The molecule has 0 saturated carbocycles. The lowest BCUT2D eigenvalue weighted by Gasteiger charge is -2.08. The first kappa shape index (κ1) is 21.8. The Morgan fingerprint density at radius 3 is 2.58 bits per heavy atom. The largest absolute Gasteiger partial charge is 0.493 e. The van der Waals surface area contributed by atoms with Gasteiger partial charge in [-0.3, -0.25) is 14.9 Å². The number of hydrogen-bond donors (Lipinski definition) is 1. The van der Waals surface area contributed by atoms with Crippen LogP contribution in [0.5, 0.6) is 11.5 Å². The van der Waals surface area contributed by atoms with E-state index in [9.17, 15) is 14.9 Å². The van der Waals surface area contributed by atoms with E-state index in [1.807, 2.05) is 6.07 Å². The Morgan fingerprint density at radius 2 is 1.90 bits per heavy atom. The summed E-state index contributed by atoms with van der Waals surface area (Å²) in [6, 6.07) is 15.1. The molecule has 31 heavy (non-hydrogen) atoms. The van der Waals surface area contributed by atoms with Crippen molar-refractivity contribution in [3.63, 3.8) is 0 Å². The molecule has 1 amide bonds. The number of nitro benzene ring substituents is 1. The summed E-state index contributed by atoms with van der Waals surface area (Å²) in [7, 11) is 3.07. The molecule has 9 heteroatoms. The molecule has 0 aliphatic heterocycles. The van der Waals surface area contributed by atoms with Gasteiger partial charge in [-0.1, -0.05) is 23.9 Å². The number of benzene rings is 2. The number of nitro groups is 1. The molecule has 3 aromatic rings. The van der Waals surface area contributed by atoms with Gasteiger partial charge in [0.1, 0.15) is 5.03 Å². The standard InChI is InChI=1S/C22H19N3O5S/c1-29-19-8-6-15(11-20(19)30-2)7-9-21(26)24-16-12-17(25(27)28)14-18(13-16)31-22-5-3-4-10-23-22/h3-14H,1-2H3,(H,24,26). The third-order valence-electron chi connectivity index (χ3n) is 4.06. The number of non-ortho nitro benzene ring substituents is 1. The summed E-state index contributed by atoms with van der Waals surface area (Å²) in [5, 5.41) is 14.7. The van der Waals surface area contributed by atoms with Crippen LogP contribution in [0, 0.1) is 10.1 Å². The molecule has 0 saturated heterocycles. The molecule has 3 rings (SSSR count). The molecule has 1 N–H and O–H groups in total. The van der Waals surface area contributed by atoms with Gasteiger partial charge in [0.2, 0.25) is 5.91 Å². The number of amides is 1. The molecule has 2 aromatic carbocycles. The number of methoxy groups -OCH3 is 2. The van der Waals surface area contributed by atoms with Gasteiger partial charge in [0.15, 0.2) is 11.5 Å². The summed E-state index contributed by atoms with van der Waals surface area (Å²) in [6.07, 6.45) is 4.59. The van der Waals surface area contributed by atoms with Gasteiger partial charge in [-0.2, -0.15) is 0 Å². The van der Waals surface area contributed by atoms with Gasteiger partial charge < -0.3 is 14.8 Å². The van der Waals surface area contributed by atoms with Crippen molar-refractivity contribution in [2.45, 2.75) is 9.92 Å². The number of nitrogens with one attached hydrogen (secondary N) is 1. The lowest BCUT2D eigenvalue weighted by molar-refractivity contribution is -0.385. The Morgan fingerprint density at radius 1 is 1.10 bits per heavy atom. The van der Waals surface area contributed by atoms with E-state index in [4.69, 9.17) is 9.47 Å². The number of carbonyl (C=O) groups is 1. The van der Waals surface area contributed by atoms with Crippen LogP contribution in [-0.4, -0.2) is 30.0 Å². The Labute approximate surface area is 183 Å². The summed E-state index contributed by atoms with van der Waals surface area (Å²) in [6.45, 7) is 0.